The number of rotatable bonds is 21. The summed E-state index contributed by atoms with van der Waals surface area (Å²) in [4.78, 5) is 77.0. The van der Waals surface area contributed by atoms with Crippen LogP contribution in [0.15, 0.2) is 11.6 Å². The van der Waals surface area contributed by atoms with Gasteiger partial charge in [0.05, 0.1) is 19.3 Å². The maximum absolute atomic E-state index is 13.5. The molecule has 332 valence electrons. The number of carbonyl (C=O) groups excluding carboxylic acids is 6. The van der Waals surface area contributed by atoms with Gasteiger partial charge in [0.25, 0.3) is 0 Å². The van der Waals surface area contributed by atoms with Gasteiger partial charge in [0.1, 0.15) is 30.5 Å². The predicted molar refractivity (Wildman–Crippen MR) is 214 cm³/mol. The lowest BCUT2D eigenvalue weighted by Crippen LogP contribution is -2.57. The van der Waals surface area contributed by atoms with Crippen LogP contribution in [0.1, 0.15) is 141 Å². The van der Waals surface area contributed by atoms with Crippen LogP contribution in [-0.2, 0) is 61.9 Å². The van der Waals surface area contributed by atoms with Crippen molar-refractivity contribution in [2.75, 3.05) is 7.11 Å². The van der Waals surface area contributed by atoms with Gasteiger partial charge in [-0.15, -0.1) is 0 Å². The molecule has 2 aliphatic heterocycles. The van der Waals surface area contributed by atoms with Crippen LogP contribution in [0.25, 0.3) is 0 Å². The fourth-order valence-electron chi connectivity index (χ4n) is 8.11. The Kier molecular flexibility index (Phi) is 20.5. The summed E-state index contributed by atoms with van der Waals surface area (Å²) in [6, 6.07) is 0. The number of hydrogen-bond acceptors (Lipinski definition) is 14. The Balaban J connectivity index is 2.68. The Bertz CT molecular complexity index is 1420. The van der Waals surface area contributed by atoms with Gasteiger partial charge in [-0.1, -0.05) is 68.4 Å². The number of ketones is 1. The summed E-state index contributed by atoms with van der Waals surface area (Å²) < 4.78 is 42.5. The van der Waals surface area contributed by atoms with Gasteiger partial charge >= 0.3 is 29.8 Å². The number of esters is 5. The van der Waals surface area contributed by atoms with Gasteiger partial charge < -0.3 is 38.3 Å². The van der Waals surface area contributed by atoms with Gasteiger partial charge in [0.15, 0.2) is 11.6 Å². The van der Waals surface area contributed by atoms with Crippen LogP contribution in [0.5, 0.6) is 0 Å². The summed E-state index contributed by atoms with van der Waals surface area (Å²) in [5, 5.41) is 10.8. The second kappa shape index (κ2) is 23.4. The third-order valence-corrected chi connectivity index (χ3v) is 10.8. The Labute approximate surface area is 345 Å². The quantitative estimate of drug-likeness (QED) is 0.0741. The Morgan fingerprint density at radius 2 is 1.28 bits per heavy atom. The molecule has 0 unspecified atom stereocenters. The molecular formula is C44H72O14. The van der Waals surface area contributed by atoms with Crippen molar-refractivity contribution in [1.82, 2.24) is 0 Å². The average Bonchev–Trinajstić information content (AvgIpc) is 3.11. The summed E-state index contributed by atoms with van der Waals surface area (Å²) in [5.41, 5.74) is 0.286. The van der Waals surface area contributed by atoms with E-state index in [0.717, 1.165) is 0 Å². The molecule has 2 saturated heterocycles. The molecule has 14 nitrogen and oxygen atoms in total. The first kappa shape index (κ1) is 50.8. The second-order valence-electron chi connectivity index (χ2n) is 17.7. The molecule has 0 aromatic carbocycles. The number of aliphatic hydroxyl groups is 1. The van der Waals surface area contributed by atoms with E-state index in [-0.39, 0.29) is 61.3 Å². The van der Waals surface area contributed by atoms with Crippen LogP contribution < -0.4 is 0 Å². The van der Waals surface area contributed by atoms with Gasteiger partial charge in [0, 0.05) is 56.9 Å². The highest BCUT2D eigenvalue weighted by Gasteiger charge is 2.52. The normalized spacial score (nSPS) is 26.1. The van der Waals surface area contributed by atoms with E-state index >= 15 is 0 Å². The molecule has 12 atom stereocenters. The van der Waals surface area contributed by atoms with Crippen LogP contribution in [0.3, 0.4) is 0 Å². The number of methoxy groups -OCH3 is 1. The molecule has 0 saturated carbocycles. The van der Waals surface area contributed by atoms with E-state index in [1.54, 1.807) is 26.8 Å². The summed E-state index contributed by atoms with van der Waals surface area (Å²) in [6.45, 7) is 21.0. The summed E-state index contributed by atoms with van der Waals surface area (Å²) in [5.74, 6) is -5.58. The van der Waals surface area contributed by atoms with E-state index in [1.165, 1.54) is 21.0 Å². The molecular weight excluding hydrogens is 752 g/mol. The van der Waals surface area contributed by atoms with Crippen molar-refractivity contribution < 1.29 is 67.0 Å². The highest BCUT2D eigenvalue weighted by Crippen LogP contribution is 2.46. The lowest BCUT2D eigenvalue weighted by atomic mass is 9.79. The molecule has 2 heterocycles. The zero-order valence-electron chi connectivity index (χ0n) is 37.2. The molecule has 0 radical (unpaired) electrons. The maximum Gasteiger partial charge on any atom is 0.333 e. The first-order valence-electron chi connectivity index (χ1n) is 21.1. The van der Waals surface area contributed by atoms with Gasteiger partial charge in [-0.2, -0.15) is 0 Å². The van der Waals surface area contributed by atoms with E-state index in [9.17, 15) is 33.9 Å². The Hall–Kier alpha value is -3.36. The van der Waals surface area contributed by atoms with E-state index in [4.69, 9.17) is 33.2 Å². The molecule has 58 heavy (non-hydrogen) atoms. The monoisotopic (exact) mass is 824 g/mol. The van der Waals surface area contributed by atoms with Crippen LogP contribution in [0, 0.1) is 35.5 Å². The minimum absolute atomic E-state index is 0.00378. The maximum atomic E-state index is 13.5. The van der Waals surface area contributed by atoms with Crippen LogP contribution in [-0.4, -0.2) is 96.4 Å². The molecule has 0 bridgehead atoms. The molecule has 0 amide bonds. The largest absolute Gasteiger partial charge is 0.466 e. The van der Waals surface area contributed by atoms with Crippen molar-refractivity contribution in [1.29, 1.82) is 0 Å². The highest BCUT2D eigenvalue weighted by atomic mass is 16.7. The van der Waals surface area contributed by atoms with Crippen molar-refractivity contribution in [2.45, 2.75) is 189 Å². The van der Waals surface area contributed by atoms with Crippen molar-refractivity contribution >= 4 is 35.6 Å². The van der Waals surface area contributed by atoms with Crippen molar-refractivity contribution in [2.24, 2.45) is 35.5 Å². The third-order valence-electron chi connectivity index (χ3n) is 10.8. The first-order valence-corrected chi connectivity index (χ1v) is 21.1. The summed E-state index contributed by atoms with van der Waals surface area (Å²) >= 11 is 0. The number of ether oxygens (including phenoxy) is 7. The molecule has 2 rings (SSSR count). The third kappa shape index (κ3) is 16.0. The number of carbonyl (C=O) groups is 6. The highest BCUT2D eigenvalue weighted by molar-refractivity contribution is 5.87. The zero-order chi connectivity index (χ0) is 44.1. The summed E-state index contributed by atoms with van der Waals surface area (Å²) in [6.07, 6.45) is -2.91. The smallest absolute Gasteiger partial charge is 0.333 e. The zero-order valence-corrected chi connectivity index (χ0v) is 37.2. The van der Waals surface area contributed by atoms with Gasteiger partial charge in [-0.3, -0.25) is 24.0 Å². The van der Waals surface area contributed by atoms with E-state index in [1.807, 2.05) is 41.5 Å². The van der Waals surface area contributed by atoms with Gasteiger partial charge in [-0.25, -0.2) is 4.79 Å². The molecule has 0 aromatic rings. The van der Waals surface area contributed by atoms with Gasteiger partial charge in [-0.05, 0) is 62.7 Å². The SMILES string of the molecule is CCC(=O)O[C@H](C/C=C(\C)C(=O)OC)[C@H](C)[C@H](OC(C)=O)[C@H](C[C@H](C)[C@H](OC(=O)CC(C)C)[C@@H]1C[C@H](C)C[C@]2(C[C@@H](C)C[C@@H]([C@@H](O)C(C)=O)O2)O1)OC(=O)CC(C)C. The first-order chi connectivity index (χ1) is 27.0. The van der Waals surface area contributed by atoms with Crippen LogP contribution in [0.2, 0.25) is 0 Å². The second-order valence-corrected chi connectivity index (χ2v) is 17.7. The van der Waals surface area contributed by atoms with Crippen LogP contribution >= 0.6 is 0 Å². The van der Waals surface area contributed by atoms with Crippen LogP contribution in [0.4, 0.5) is 0 Å². The standard InChI is InChI=1S/C44H72O14/c1-14-37(47)54-33(16-15-28(8)43(51)52-13)30(10)42(53-32(12)46)35(55-38(48)17-24(2)3)21-29(9)41(56-39(49)18-25(4)5)36-20-27(7)23-44(58-36)22-26(6)19-34(57-44)40(50)31(11)45/h15,24-27,29-30,33-36,40-42,50H,14,16-23H2,1-13H3/b28-15+/t26-,27-,29-,30-,33+,34-,35-,36-,40-,41-,42-,44-/m0/s1. The van der Waals surface area contributed by atoms with E-state index in [0.29, 0.717) is 25.7 Å². The molecule has 1 N–H and O–H groups in total. The number of Topliss-reactive ketones (excluding diaryl/α,β-unsaturated/α-hetero) is 1. The average molecular weight is 825 g/mol. The molecule has 2 aliphatic rings. The van der Waals surface area contributed by atoms with Crippen molar-refractivity contribution in [3.63, 3.8) is 0 Å². The minimum atomic E-state index is -1.32. The Morgan fingerprint density at radius 3 is 1.78 bits per heavy atom. The van der Waals surface area contributed by atoms with E-state index < -0.39 is 96.0 Å². The summed E-state index contributed by atoms with van der Waals surface area (Å²) in [7, 11) is 1.26. The lowest BCUT2D eigenvalue weighted by molar-refractivity contribution is -0.347. The number of aliphatic hydroxyl groups excluding tert-OH is 1. The fourth-order valence-corrected chi connectivity index (χ4v) is 8.11. The molecule has 2 fully saturated rings. The minimum Gasteiger partial charge on any atom is -0.466 e. The topological polar surface area (TPSA) is 187 Å². The van der Waals surface area contributed by atoms with Gasteiger partial charge in [0.2, 0.25) is 0 Å². The molecule has 14 heteroatoms. The van der Waals surface area contributed by atoms with E-state index in [2.05, 4.69) is 6.92 Å². The lowest BCUT2D eigenvalue weighted by Gasteiger charge is -2.51. The predicted octanol–water partition coefficient (Wildman–Crippen LogP) is 6.60. The Morgan fingerprint density at radius 1 is 0.759 bits per heavy atom. The number of hydrogen-bond donors (Lipinski definition) is 1. The van der Waals surface area contributed by atoms with Crippen molar-refractivity contribution in [3.8, 4) is 0 Å². The molecule has 0 aliphatic carbocycles. The molecule has 0 aromatic heterocycles. The molecule has 1 spiro atoms. The van der Waals surface area contributed by atoms with Crippen molar-refractivity contribution in [3.05, 3.63) is 11.6 Å². The fraction of sp³-hybridized carbons (Fsp3) is 0.818.